The normalized spacial score (nSPS) is 23.8. The molecule has 18 heavy (non-hydrogen) atoms. The molecule has 102 valence electrons. The van der Waals surface area contributed by atoms with E-state index in [1.54, 1.807) is 0 Å². The van der Waals surface area contributed by atoms with Gasteiger partial charge < -0.3 is 14.8 Å². The molecule has 5 heteroatoms. The van der Waals surface area contributed by atoms with Gasteiger partial charge in [-0.2, -0.15) is 0 Å². The molecule has 1 amide bonds. The molecule has 0 unspecified atom stereocenters. The Balaban J connectivity index is 1.66. The Hall–Kier alpha value is -0.940. The lowest BCUT2D eigenvalue weighted by molar-refractivity contribution is -0.124. The average molecular weight is 254 g/mol. The highest BCUT2D eigenvalue weighted by Gasteiger charge is 2.22. The predicted octanol–water partition coefficient (Wildman–Crippen LogP) is 0.193. The van der Waals surface area contributed by atoms with Gasteiger partial charge in [-0.05, 0) is 38.8 Å². The number of carbonyl (C=O) groups is 2. The molecule has 0 aromatic rings. The van der Waals surface area contributed by atoms with Gasteiger partial charge in [-0.3, -0.25) is 9.69 Å². The number of nitrogens with one attached hydrogen (secondary N) is 1. The molecule has 2 aliphatic rings. The van der Waals surface area contributed by atoms with Crippen LogP contribution in [-0.4, -0.2) is 56.0 Å². The Morgan fingerprint density at radius 1 is 1.22 bits per heavy atom. The van der Waals surface area contributed by atoms with Crippen LogP contribution in [0.1, 0.15) is 25.7 Å². The Morgan fingerprint density at radius 2 is 1.89 bits per heavy atom. The highest BCUT2D eigenvalue weighted by atomic mass is 16.5. The molecule has 5 nitrogen and oxygen atoms in total. The molecule has 2 rings (SSSR count). The van der Waals surface area contributed by atoms with E-state index in [0.29, 0.717) is 6.54 Å². The zero-order chi connectivity index (χ0) is 12.8. The summed E-state index contributed by atoms with van der Waals surface area (Å²) in [5, 5.41) is 3.06. The largest absolute Gasteiger partial charge is 0.381 e. The van der Waals surface area contributed by atoms with E-state index in [4.69, 9.17) is 4.74 Å². The van der Waals surface area contributed by atoms with Crippen LogP contribution < -0.4 is 5.32 Å². The molecule has 2 heterocycles. The lowest BCUT2D eigenvalue weighted by Crippen LogP contribution is -2.46. The standard InChI is InChI=1S/C13H22N2O3/c16-10-11-1-5-15(6-2-11)9-13(17)14-12-3-7-18-8-4-12/h10-12H,1-9H2,(H,14,17). The summed E-state index contributed by atoms with van der Waals surface area (Å²) in [6.45, 7) is 3.66. The molecule has 0 radical (unpaired) electrons. The third-order valence-corrected chi connectivity index (χ3v) is 3.78. The lowest BCUT2D eigenvalue weighted by atomic mass is 9.99. The maximum atomic E-state index is 11.9. The Morgan fingerprint density at radius 3 is 2.50 bits per heavy atom. The van der Waals surface area contributed by atoms with E-state index in [9.17, 15) is 9.59 Å². The molecule has 2 saturated heterocycles. The number of aldehydes is 1. The quantitative estimate of drug-likeness (QED) is 0.728. The number of ether oxygens (including phenoxy) is 1. The van der Waals surface area contributed by atoms with Gasteiger partial charge in [0.05, 0.1) is 6.54 Å². The first-order chi connectivity index (χ1) is 8.78. The highest BCUT2D eigenvalue weighted by Crippen LogP contribution is 2.14. The van der Waals surface area contributed by atoms with Crippen LogP contribution in [0.4, 0.5) is 0 Å². The van der Waals surface area contributed by atoms with E-state index < -0.39 is 0 Å². The van der Waals surface area contributed by atoms with Crippen molar-refractivity contribution in [1.29, 1.82) is 0 Å². The van der Waals surface area contributed by atoms with Crippen LogP contribution in [0.2, 0.25) is 0 Å². The van der Waals surface area contributed by atoms with Gasteiger partial charge >= 0.3 is 0 Å². The summed E-state index contributed by atoms with van der Waals surface area (Å²) in [6.07, 6.45) is 4.64. The van der Waals surface area contributed by atoms with Gasteiger partial charge in [0.25, 0.3) is 0 Å². The molecular weight excluding hydrogens is 232 g/mol. The first-order valence-electron chi connectivity index (χ1n) is 6.82. The summed E-state index contributed by atoms with van der Waals surface area (Å²) in [5.41, 5.74) is 0. The van der Waals surface area contributed by atoms with E-state index >= 15 is 0 Å². The number of nitrogens with zero attached hydrogens (tertiary/aromatic N) is 1. The second-order valence-electron chi connectivity index (χ2n) is 5.20. The van der Waals surface area contributed by atoms with E-state index in [1.807, 2.05) is 0 Å². The van der Waals surface area contributed by atoms with Gasteiger partial charge in [0.1, 0.15) is 6.29 Å². The second kappa shape index (κ2) is 6.85. The maximum absolute atomic E-state index is 11.9. The summed E-state index contributed by atoms with van der Waals surface area (Å²) < 4.78 is 5.26. The van der Waals surface area contributed by atoms with Crippen LogP contribution in [0.25, 0.3) is 0 Å². The first kappa shape index (κ1) is 13.5. The van der Waals surface area contributed by atoms with Crippen molar-refractivity contribution in [3.63, 3.8) is 0 Å². The number of piperidine rings is 1. The molecule has 2 aliphatic heterocycles. The Labute approximate surface area is 108 Å². The van der Waals surface area contributed by atoms with Crippen molar-refractivity contribution < 1.29 is 14.3 Å². The van der Waals surface area contributed by atoms with Crippen molar-refractivity contribution in [2.24, 2.45) is 5.92 Å². The van der Waals surface area contributed by atoms with Crippen molar-refractivity contribution in [3.05, 3.63) is 0 Å². The van der Waals surface area contributed by atoms with Gasteiger partial charge in [-0.1, -0.05) is 0 Å². The number of hydrogen-bond donors (Lipinski definition) is 1. The second-order valence-corrected chi connectivity index (χ2v) is 5.20. The van der Waals surface area contributed by atoms with Crippen LogP contribution in [0.5, 0.6) is 0 Å². The van der Waals surface area contributed by atoms with E-state index in [-0.39, 0.29) is 17.9 Å². The summed E-state index contributed by atoms with van der Waals surface area (Å²) in [5.74, 6) is 0.297. The van der Waals surface area contributed by atoms with E-state index in [2.05, 4.69) is 10.2 Å². The van der Waals surface area contributed by atoms with Crippen molar-refractivity contribution >= 4 is 12.2 Å². The van der Waals surface area contributed by atoms with Crippen molar-refractivity contribution in [3.8, 4) is 0 Å². The molecule has 2 fully saturated rings. The van der Waals surface area contributed by atoms with Crippen LogP contribution in [0, 0.1) is 5.92 Å². The molecule has 0 spiro atoms. The Kier molecular flexibility index (Phi) is 5.13. The third-order valence-electron chi connectivity index (χ3n) is 3.78. The first-order valence-corrected chi connectivity index (χ1v) is 6.82. The Bertz CT molecular complexity index is 282. The predicted molar refractivity (Wildman–Crippen MR) is 67.2 cm³/mol. The van der Waals surface area contributed by atoms with E-state index in [0.717, 1.165) is 58.3 Å². The fourth-order valence-corrected chi connectivity index (χ4v) is 2.57. The molecule has 1 N–H and O–H groups in total. The monoisotopic (exact) mass is 254 g/mol. The minimum absolute atomic E-state index is 0.103. The van der Waals surface area contributed by atoms with Crippen LogP contribution >= 0.6 is 0 Å². The number of likely N-dealkylation sites (tertiary alicyclic amines) is 1. The molecule has 0 aromatic heterocycles. The molecule has 0 saturated carbocycles. The number of carbonyl (C=O) groups excluding carboxylic acids is 2. The summed E-state index contributed by atoms with van der Waals surface area (Å²) >= 11 is 0. The molecule has 0 bridgehead atoms. The number of hydrogen-bond acceptors (Lipinski definition) is 4. The summed E-state index contributed by atoms with van der Waals surface area (Å²) in [7, 11) is 0. The topological polar surface area (TPSA) is 58.6 Å². The van der Waals surface area contributed by atoms with Crippen molar-refractivity contribution in [1.82, 2.24) is 10.2 Å². The molecule has 0 aromatic carbocycles. The summed E-state index contributed by atoms with van der Waals surface area (Å²) in [4.78, 5) is 24.6. The molecule has 0 aliphatic carbocycles. The fourth-order valence-electron chi connectivity index (χ4n) is 2.57. The summed E-state index contributed by atoms with van der Waals surface area (Å²) in [6, 6.07) is 0.277. The van der Waals surface area contributed by atoms with Gasteiger partial charge in [0.15, 0.2) is 0 Å². The van der Waals surface area contributed by atoms with Gasteiger partial charge in [0, 0.05) is 25.2 Å². The minimum Gasteiger partial charge on any atom is -0.381 e. The SMILES string of the molecule is O=CC1CCN(CC(=O)NC2CCOCC2)CC1. The fraction of sp³-hybridized carbons (Fsp3) is 0.846. The van der Waals surface area contributed by atoms with E-state index in [1.165, 1.54) is 0 Å². The third kappa shape index (κ3) is 4.07. The highest BCUT2D eigenvalue weighted by molar-refractivity contribution is 5.78. The maximum Gasteiger partial charge on any atom is 0.234 e. The zero-order valence-corrected chi connectivity index (χ0v) is 10.8. The number of rotatable bonds is 4. The van der Waals surface area contributed by atoms with Crippen LogP contribution in [0.15, 0.2) is 0 Å². The van der Waals surface area contributed by atoms with Crippen molar-refractivity contribution in [2.75, 3.05) is 32.8 Å². The van der Waals surface area contributed by atoms with Gasteiger partial charge in [-0.15, -0.1) is 0 Å². The van der Waals surface area contributed by atoms with Crippen LogP contribution in [-0.2, 0) is 14.3 Å². The van der Waals surface area contributed by atoms with Gasteiger partial charge in [-0.25, -0.2) is 0 Å². The van der Waals surface area contributed by atoms with Crippen molar-refractivity contribution in [2.45, 2.75) is 31.7 Å². The minimum atomic E-state index is 0.103. The lowest BCUT2D eigenvalue weighted by Gasteiger charge is -2.30. The van der Waals surface area contributed by atoms with Crippen LogP contribution in [0.3, 0.4) is 0 Å². The average Bonchev–Trinajstić information content (AvgIpc) is 2.40. The molecule has 0 atom stereocenters. The molecular formula is C13H22N2O3. The van der Waals surface area contributed by atoms with Gasteiger partial charge in [0.2, 0.25) is 5.91 Å². The number of amides is 1. The zero-order valence-electron chi connectivity index (χ0n) is 10.8. The smallest absolute Gasteiger partial charge is 0.234 e.